The molecule has 0 aliphatic heterocycles. The first kappa shape index (κ1) is 17.4. The second-order valence-electron chi connectivity index (χ2n) is 6.39. The van der Waals surface area contributed by atoms with E-state index in [1.807, 2.05) is 32.2 Å². The molecule has 0 spiro atoms. The average molecular weight is 316 g/mol. The molecule has 0 atom stereocenters. The van der Waals surface area contributed by atoms with Gasteiger partial charge in [-0.2, -0.15) is 0 Å². The van der Waals surface area contributed by atoms with Crippen LogP contribution in [0.4, 0.5) is 4.39 Å². The highest BCUT2D eigenvalue weighted by molar-refractivity contribution is 5.18. The molecule has 0 unspecified atom stereocenters. The van der Waals surface area contributed by atoms with E-state index in [0.29, 0.717) is 19.6 Å². The molecule has 2 aromatic rings. The maximum Gasteiger partial charge on any atom is 0.123 e. The fraction of sp³-hybridized carbons (Fsp3) is 0.368. The van der Waals surface area contributed by atoms with Crippen LogP contribution in [-0.2, 0) is 13.1 Å². The van der Waals surface area contributed by atoms with Crippen molar-refractivity contribution < 1.29 is 9.50 Å². The van der Waals surface area contributed by atoms with E-state index in [-0.39, 0.29) is 18.0 Å². The van der Waals surface area contributed by atoms with E-state index in [0.717, 1.165) is 11.3 Å². The standard InChI is InChI=1S/C19H25FN2O/c1-4-11-22(19(2,3)15-23)14-18-6-5-12-21(18)13-16-7-9-17(20)10-8-16/h4-10,12,23H,1,11,13-15H2,2-3H3. The second kappa shape index (κ2) is 7.57. The first-order chi connectivity index (χ1) is 11.0. The van der Waals surface area contributed by atoms with Gasteiger partial charge in [-0.05, 0) is 43.7 Å². The third-order valence-electron chi connectivity index (χ3n) is 4.14. The van der Waals surface area contributed by atoms with Crippen molar-refractivity contribution in [3.63, 3.8) is 0 Å². The smallest absolute Gasteiger partial charge is 0.123 e. The van der Waals surface area contributed by atoms with Gasteiger partial charge in [-0.3, -0.25) is 4.90 Å². The summed E-state index contributed by atoms with van der Waals surface area (Å²) < 4.78 is 15.2. The minimum atomic E-state index is -0.320. The van der Waals surface area contributed by atoms with Gasteiger partial charge in [0.05, 0.1) is 6.61 Å². The molecule has 0 amide bonds. The fourth-order valence-electron chi connectivity index (χ4n) is 2.51. The SMILES string of the molecule is C=CCN(Cc1cccn1Cc1ccc(F)cc1)C(C)(C)CO. The van der Waals surface area contributed by atoms with Gasteiger partial charge in [-0.25, -0.2) is 4.39 Å². The largest absolute Gasteiger partial charge is 0.394 e. The summed E-state index contributed by atoms with van der Waals surface area (Å²) >= 11 is 0. The van der Waals surface area contributed by atoms with Crippen molar-refractivity contribution >= 4 is 0 Å². The molecule has 0 fully saturated rings. The monoisotopic (exact) mass is 316 g/mol. The van der Waals surface area contributed by atoms with E-state index in [1.165, 1.54) is 12.1 Å². The highest BCUT2D eigenvalue weighted by Crippen LogP contribution is 2.19. The fourth-order valence-corrected chi connectivity index (χ4v) is 2.51. The maximum atomic E-state index is 13.0. The Bertz CT molecular complexity index is 631. The minimum absolute atomic E-state index is 0.0828. The lowest BCUT2D eigenvalue weighted by Gasteiger charge is -2.36. The lowest BCUT2D eigenvalue weighted by atomic mass is 10.0. The molecular formula is C19H25FN2O. The van der Waals surface area contributed by atoms with Crippen LogP contribution in [0.1, 0.15) is 25.1 Å². The predicted octanol–water partition coefficient (Wildman–Crippen LogP) is 3.43. The Balaban J connectivity index is 2.16. The van der Waals surface area contributed by atoms with E-state index >= 15 is 0 Å². The number of aliphatic hydroxyl groups excluding tert-OH is 1. The summed E-state index contributed by atoms with van der Waals surface area (Å²) in [6, 6.07) is 10.7. The Morgan fingerprint density at radius 2 is 1.96 bits per heavy atom. The molecule has 0 aliphatic rings. The van der Waals surface area contributed by atoms with Gasteiger partial charge in [0.25, 0.3) is 0 Å². The van der Waals surface area contributed by atoms with Crippen molar-refractivity contribution in [3.05, 3.63) is 72.3 Å². The predicted molar refractivity (Wildman–Crippen MR) is 91.7 cm³/mol. The molecular weight excluding hydrogens is 291 g/mol. The summed E-state index contributed by atoms with van der Waals surface area (Å²) in [5.41, 5.74) is 1.89. The molecule has 1 aromatic heterocycles. The van der Waals surface area contributed by atoms with Crippen molar-refractivity contribution in [3.8, 4) is 0 Å². The zero-order chi connectivity index (χ0) is 16.9. The quantitative estimate of drug-likeness (QED) is 0.756. The molecule has 0 bridgehead atoms. The minimum Gasteiger partial charge on any atom is -0.394 e. The lowest BCUT2D eigenvalue weighted by Crippen LogP contribution is -2.46. The molecule has 0 saturated heterocycles. The normalized spacial score (nSPS) is 11.9. The van der Waals surface area contributed by atoms with Crippen LogP contribution in [-0.4, -0.2) is 33.3 Å². The van der Waals surface area contributed by atoms with E-state index in [9.17, 15) is 9.50 Å². The van der Waals surface area contributed by atoms with E-state index in [4.69, 9.17) is 0 Å². The highest BCUT2D eigenvalue weighted by atomic mass is 19.1. The van der Waals surface area contributed by atoms with Crippen molar-refractivity contribution in [2.75, 3.05) is 13.2 Å². The average Bonchev–Trinajstić information content (AvgIpc) is 2.96. The van der Waals surface area contributed by atoms with Crippen LogP contribution < -0.4 is 0 Å². The Kier molecular flexibility index (Phi) is 5.74. The van der Waals surface area contributed by atoms with Crippen molar-refractivity contribution in [2.45, 2.75) is 32.5 Å². The lowest BCUT2D eigenvalue weighted by molar-refractivity contribution is 0.0589. The molecule has 0 aliphatic carbocycles. The number of hydrogen-bond acceptors (Lipinski definition) is 2. The molecule has 23 heavy (non-hydrogen) atoms. The molecule has 0 saturated carbocycles. The summed E-state index contributed by atoms with van der Waals surface area (Å²) in [5.74, 6) is -0.219. The highest BCUT2D eigenvalue weighted by Gasteiger charge is 2.25. The van der Waals surface area contributed by atoms with Crippen molar-refractivity contribution in [1.82, 2.24) is 9.47 Å². The van der Waals surface area contributed by atoms with Gasteiger partial charge < -0.3 is 9.67 Å². The van der Waals surface area contributed by atoms with Crippen LogP contribution in [0.15, 0.2) is 55.3 Å². The topological polar surface area (TPSA) is 28.4 Å². The van der Waals surface area contributed by atoms with Crippen LogP contribution in [0.3, 0.4) is 0 Å². The molecule has 2 rings (SSSR count). The number of halogens is 1. The number of hydrogen-bond donors (Lipinski definition) is 1. The van der Waals surface area contributed by atoms with Gasteiger partial charge in [0.15, 0.2) is 0 Å². The zero-order valence-electron chi connectivity index (χ0n) is 13.9. The van der Waals surface area contributed by atoms with Gasteiger partial charge in [0.1, 0.15) is 5.82 Å². The molecule has 124 valence electrons. The molecule has 1 heterocycles. The number of nitrogens with zero attached hydrogens (tertiary/aromatic N) is 2. The van der Waals surface area contributed by atoms with Gasteiger partial charge in [0.2, 0.25) is 0 Å². The van der Waals surface area contributed by atoms with Crippen molar-refractivity contribution in [2.24, 2.45) is 0 Å². The van der Waals surface area contributed by atoms with E-state index in [1.54, 1.807) is 12.1 Å². The van der Waals surface area contributed by atoms with Gasteiger partial charge in [0, 0.05) is 37.1 Å². The maximum absolute atomic E-state index is 13.0. The number of aromatic nitrogens is 1. The molecule has 0 radical (unpaired) electrons. The van der Waals surface area contributed by atoms with Crippen molar-refractivity contribution in [1.29, 1.82) is 0 Å². The summed E-state index contributed by atoms with van der Waals surface area (Å²) in [4.78, 5) is 2.19. The molecule has 3 nitrogen and oxygen atoms in total. The number of benzene rings is 1. The number of aliphatic hydroxyl groups is 1. The molecule has 1 aromatic carbocycles. The first-order valence-corrected chi connectivity index (χ1v) is 7.81. The van der Waals surface area contributed by atoms with Gasteiger partial charge in [-0.15, -0.1) is 6.58 Å². The van der Waals surface area contributed by atoms with Crippen LogP contribution in [0.25, 0.3) is 0 Å². The molecule has 4 heteroatoms. The Labute approximate surface area is 137 Å². The van der Waals surface area contributed by atoms with Gasteiger partial charge in [-0.1, -0.05) is 18.2 Å². The molecule has 1 N–H and O–H groups in total. The van der Waals surface area contributed by atoms with Crippen LogP contribution >= 0.6 is 0 Å². The summed E-state index contributed by atoms with van der Waals surface area (Å²) in [6.07, 6.45) is 3.88. The van der Waals surface area contributed by atoms with Crippen LogP contribution in [0, 0.1) is 5.82 Å². The number of rotatable bonds is 8. The zero-order valence-corrected chi connectivity index (χ0v) is 13.9. The third-order valence-corrected chi connectivity index (χ3v) is 4.14. The summed E-state index contributed by atoms with van der Waals surface area (Å²) in [7, 11) is 0. The van der Waals surface area contributed by atoms with E-state index in [2.05, 4.69) is 22.1 Å². The third kappa shape index (κ3) is 4.53. The van der Waals surface area contributed by atoms with E-state index < -0.39 is 0 Å². The van der Waals surface area contributed by atoms with Crippen LogP contribution in [0.5, 0.6) is 0 Å². The van der Waals surface area contributed by atoms with Crippen LogP contribution in [0.2, 0.25) is 0 Å². The van der Waals surface area contributed by atoms with Gasteiger partial charge >= 0.3 is 0 Å². The summed E-state index contributed by atoms with van der Waals surface area (Å²) in [5, 5.41) is 9.63. The Morgan fingerprint density at radius 3 is 2.57 bits per heavy atom. The summed E-state index contributed by atoms with van der Waals surface area (Å²) in [6.45, 7) is 10.0. The second-order valence-corrected chi connectivity index (χ2v) is 6.39. The Morgan fingerprint density at radius 1 is 1.26 bits per heavy atom. The first-order valence-electron chi connectivity index (χ1n) is 7.81. The Hall–Kier alpha value is -1.91.